The third kappa shape index (κ3) is 5.33. The molecular weight excluding hydrogens is 308 g/mol. The van der Waals surface area contributed by atoms with E-state index >= 15 is 0 Å². The van der Waals surface area contributed by atoms with Crippen molar-refractivity contribution >= 4 is 0 Å². The fourth-order valence-corrected chi connectivity index (χ4v) is 3.60. The second-order valence-corrected chi connectivity index (χ2v) is 6.65. The van der Waals surface area contributed by atoms with Crippen LogP contribution in [-0.4, -0.2) is 6.61 Å². The highest BCUT2D eigenvalue weighted by molar-refractivity contribution is 5.35. The van der Waals surface area contributed by atoms with Crippen LogP contribution in [0.1, 0.15) is 56.1 Å². The molecule has 1 aromatic rings. The zero-order valence-corrected chi connectivity index (χ0v) is 14.1. The third-order valence-electron chi connectivity index (χ3n) is 5.01. The molecule has 2 nitrogen and oxygen atoms in total. The molecule has 1 fully saturated rings. The van der Waals surface area contributed by atoms with Crippen LogP contribution in [-0.2, 0) is 11.2 Å². The zero-order chi connectivity index (χ0) is 17.4. The van der Waals surface area contributed by atoms with Crippen LogP contribution in [0.25, 0.3) is 0 Å². The SMILES string of the molecule is C=COCCCC1CCC(CCc2cc(F)c(C#N)c(F)c2)CC1. The molecule has 0 bridgehead atoms. The lowest BCUT2D eigenvalue weighted by Crippen LogP contribution is -2.15. The summed E-state index contributed by atoms with van der Waals surface area (Å²) in [4.78, 5) is 0. The van der Waals surface area contributed by atoms with Crippen molar-refractivity contribution in [3.8, 4) is 6.07 Å². The van der Waals surface area contributed by atoms with Gasteiger partial charge in [0.05, 0.1) is 12.9 Å². The molecule has 0 unspecified atom stereocenters. The number of hydrogen-bond donors (Lipinski definition) is 0. The molecule has 0 atom stereocenters. The van der Waals surface area contributed by atoms with Crippen molar-refractivity contribution in [2.75, 3.05) is 6.61 Å². The Morgan fingerprint density at radius 2 is 1.71 bits per heavy atom. The first-order chi connectivity index (χ1) is 11.6. The van der Waals surface area contributed by atoms with Gasteiger partial charge >= 0.3 is 0 Å². The van der Waals surface area contributed by atoms with E-state index in [0.29, 0.717) is 17.9 Å². The van der Waals surface area contributed by atoms with Crippen molar-refractivity contribution in [3.05, 3.63) is 47.7 Å². The number of nitrogens with zero attached hydrogens (tertiary/aromatic N) is 1. The molecule has 1 aromatic carbocycles. The van der Waals surface area contributed by atoms with E-state index in [0.717, 1.165) is 25.4 Å². The predicted molar refractivity (Wildman–Crippen MR) is 90.2 cm³/mol. The standard InChI is InChI=1S/C20H25F2NO/c1-2-24-11-3-4-15-5-7-16(8-6-15)9-10-17-12-19(21)18(14-23)20(22)13-17/h2,12-13,15-16H,1,3-11H2. The van der Waals surface area contributed by atoms with E-state index < -0.39 is 17.2 Å². The van der Waals surface area contributed by atoms with Crippen LogP contribution in [0.15, 0.2) is 25.0 Å². The highest BCUT2D eigenvalue weighted by Crippen LogP contribution is 2.34. The second kappa shape index (κ2) is 9.42. The number of hydrogen-bond acceptors (Lipinski definition) is 2. The van der Waals surface area contributed by atoms with E-state index in [2.05, 4.69) is 6.58 Å². The Bertz CT molecular complexity index is 563. The summed E-state index contributed by atoms with van der Waals surface area (Å²) in [6.07, 6.45) is 10.2. The highest BCUT2D eigenvalue weighted by atomic mass is 19.1. The van der Waals surface area contributed by atoms with Crippen LogP contribution < -0.4 is 0 Å². The van der Waals surface area contributed by atoms with Crippen molar-refractivity contribution in [1.29, 1.82) is 5.26 Å². The number of aryl methyl sites for hydroxylation is 1. The number of benzene rings is 1. The van der Waals surface area contributed by atoms with Crippen LogP contribution in [0.3, 0.4) is 0 Å². The van der Waals surface area contributed by atoms with E-state index in [4.69, 9.17) is 10.00 Å². The Balaban J connectivity index is 1.73. The predicted octanol–water partition coefficient (Wildman–Crippen LogP) is 5.52. The molecular formula is C20H25F2NO. The quantitative estimate of drug-likeness (QED) is 0.464. The molecule has 4 heteroatoms. The lowest BCUT2D eigenvalue weighted by Gasteiger charge is -2.28. The molecule has 0 saturated heterocycles. The molecule has 2 rings (SSSR count). The van der Waals surface area contributed by atoms with Crippen molar-refractivity contribution in [3.63, 3.8) is 0 Å². The van der Waals surface area contributed by atoms with Gasteiger partial charge in [0.2, 0.25) is 0 Å². The van der Waals surface area contributed by atoms with Gasteiger partial charge in [-0.05, 0) is 55.2 Å². The fourth-order valence-electron chi connectivity index (χ4n) is 3.60. The van der Waals surface area contributed by atoms with Gasteiger partial charge in [0, 0.05) is 0 Å². The maximum absolute atomic E-state index is 13.6. The number of rotatable bonds is 8. The number of nitriles is 1. The first-order valence-electron chi connectivity index (χ1n) is 8.74. The first kappa shape index (κ1) is 18.4. The minimum atomic E-state index is -0.752. The number of ether oxygens (including phenoxy) is 1. The van der Waals surface area contributed by atoms with Crippen molar-refractivity contribution in [2.45, 2.75) is 51.4 Å². The molecule has 0 N–H and O–H groups in total. The lowest BCUT2D eigenvalue weighted by atomic mass is 9.78. The zero-order valence-electron chi connectivity index (χ0n) is 14.1. The molecule has 0 amide bonds. The van der Waals surface area contributed by atoms with E-state index in [1.165, 1.54) is 50.5 Å². The Hall–Kier alpha value is -1.89. The van der Waals surface area contributed by atoms with Gasteiger partial charge < -0.3 is 4.74 Å². The minimum Gasteiger partial charge on any atom is -0.502 e. The molecule has 1 aliphatic carbocycles. The summed E-state index contributed by atoms with van der Waals surface area (Å²) in [5.41, 5.74) is 0.160. The Labute approximate surface area is 143 Å². The normalized spacial score (nSPS) is 20.4. The van der Waals surface area contributed by atoms with Gasteiger partial charge in [-0.3, -0.25) is 0 Å². The van der Waals surface area contributed by atoms with Gasteiger partial charge in [0.15, 0.2) is 0 Å². The average molecular weight is 333 g/mol. The van der Waals surface area contributed by atoms with Crippen LogP contribution in [0, 0.1) is 34.8 Å². The van der Waals surface area contributed by atoms with E-state index in [9.17, 15) is 8.78 Å². The first-order valence-corrected chi connectivity index (χ1v) is 8.74. The molecule has 0 radical (unpaired) electrons. The Morgan fingerprint density at radius 1 is 1.12 bits per heavy atom. The van der Waals surface area contributed by atoms with Gasteiger partial charge in [-0.15, -0.1) is 0 Å². The molecule has 0 aliphatic heterocycles. The van der Waals surface area contributed by atoms with Gasteiger partial charge in [-0.25, -0.2) is 8.78 Å². The fraction of sp³-hybridized carbons (Fsp3) is 0.550. The van der Waals surface area contributed by atoms with Gasteiger partial charge in [-0.2, -0.15) is 5.26 Å². The molecule has 1 saturated carbocycles. The summed E-state index contributed by atoms with van der Waals surface area (Å²) in [6, 6.07) is 4.16. The largest absolute Gasteiger partial charge is 0.502 e. The summed E-state index contributed by atoms with van der Waals surface area (Å²) in [6.45, 7) is 4.29. The molecule has 0 spiro atoms. The van der Waals surface area contributed by atoms with Crippen molar-refractivity contribution < 1.29 is 13.5 Å². The van der Waals surface area contributed by atoms with Gasteiger partial charge in [-0.1, -0.05) is 32.3 Å². The molecule has 0 aromatic heterocycles. The van der Waals surface area contributed by atoms with Crippen LogP contribution >= 0.6 is 0 Å². The van der Waals surface area contributed by atoms with Gasteiger partial charge in [0.1, 0.15) is 23.3 Å². The topological polar surface area (TPSA) is 33.0 Å². The van der Waals surface area contributed by atoms with Crippen LogP contribution in [0.4, 0.5) is 8.78 Å². The van der Waals surface area contributed by atoms with E-state index in [-0.39, 0.29) is 0 Å². The maximum Gasteiger partial charge on any atom is 0.144 e. The summed E-state index contributed by atoms with van der Waals surface area (Å²) in [5.74, 6) is -0.0946. The van der Waals surface area contributed by atoms with Crippen molar-refractivity contribution in [1.82, 2.24) is 0 Å². The van der Waals surface area contributed by atoms with E-state index in [1.54, 1.807) is 6.07 Å². The highest BCUT2D eigenvalue weighted by Gasteiger charge is 2.21. The second-order valence-electron chi connectivity index (χ2n) is 6.65. The molecule has 1 aliphatic rings. The summed E-state index contributed by atoms with van der Waals surface area (Å²) < 4.78 is 32.4. The maximum atomic E-state index is 13.6. The van der Waals surface area contributed by atoms with Crippen molar-refractivity contribution in [2.24, 2.45) is 11.8 Å². The third-order valence-corrected chi connectivity index (χ3v) is 5.01. The summed E-state index contributed by atoms with van der Waals surface area (Å²) in [5, 5.41) is 8.70. The minimum absolute atomic E-state index is 0.486. The lowest BCUT2D eigenvalue weighted by molar-refractivity contribution is 0.208. The van der Waals surface area contributed by atoms with Crippen LogP contribution in [0.2, 0.25) is 0 Å². The number of halogens is 2. The molecule has 24 heavy (non-hydrogen) atoms. The summed E-state index contributed by atoms with van der Waals surface area (Å²) in [7, 11) is 0. The van der Waals surface area contributed by atoms with Crippen LogP contribution in [0.5, 0.6) is 0 Å². The van der Waals surface area contributed by atoms with E-state index in [1.807, 2.05) is 0 Å². The summed E-state index contributed by atoms with van der Waals surface area (Å²) >= 11 is 0. The molecule has 0 heterocycles. The Kier molecular flexibility index (Phi) is 7.24. The van der Waals surface area contributed by atoms with Gasteiger partial charge in [0.25, 0.3) is 0 Å². The Morgan fingerprint density at radius 3 is 2.25 bits per heavy atom. The monoisotopic (exact) mass is 333 g/mol. The smallest absolute Gasteiger partial charge is 0.144 e. The molecule has 130 valence electrons. The average Bonchev–Trinajstić information content (AvgIpc) is 2.58.